The van der Waals surface area contributed by atoms with Crippen molar-refractivity contribution >= 4 is 16.5 Å². The van der Waals surface area contributed by atoms with Gasteiger partial charge in [-0.2, -0.15) is 0 Å². The highest BCUT2D eigenvalue weighted by atomic mass is 32.1. The Labute approximate surface area is 128 Å². The average Bonchev–Trinajstić information content (AvgIpc) is 3.02. The molecule has 1 atom stereocenters. The molecule has 0 fully saturated rings. The van der Waals surface area contributed by atoms with Gasteiger partial charge in [-0.25, -0.2) is 0 Å². The predicted molar refractivity (Wildman–Crippen MR) is 87.7 cm³/mol. The number of nitrogens with one attached hydrogen (secondary N) is 1. The van der Waals surface area contributed by atoms with Crippen molar-refractivity contribution < 1.29 is 0 Å². The zero-order valence-electron chi connectivity index (χ0n) is 11.8. The van der Waals surface area contributed by atoms with Crippen LogP contribution in [-0.2, 0) is 0 Å². The van der Waals surface area contributed by atoms with Crippen LogP contribution in [0.3, 0.4) is 0 Å². The quantitative estimate of drug-likeness (QED) is 0.767. The van der Waals surface area contributed by atoms with Crippen LogP contribution in [0.25, 0.3) is 0 Å². The largest absolute Gasteiger partial charge is 0.357 e. The van der Waals surface area contributed by atoms with E-state index in [0.717, 1.165) is 5.13 Å². The van der Waals surface area contributed by atoms with E-state index in [1.54, 1.807) is 5.51 Å². The van der Waals surface area contributed by atoms with Crippen molar-refractivity contribution in [1.29, 1.82) is 0 Å². The fraction of sp³-hybridized carbons (Fsp3) is 0.176. The molecule has 4 heteroatoms. The number of rotatable bonds is 5. The summed E-state index contributed by atoms with van der Waals surface area (Å²) in [5.74, 6) is 0.274. The van der Waals surface area contributed by atoms with Crippen LogP contribution in [0.15, 0.2) is 66.2 Å². The molecule has 3 aromatic rings. The van der Waals surface area contributed by atoms with Gasteiger partial charge in [0, 0.05) is 12.0 Å². The van der Waals surface area contributed by atoms with Crippen molar-refractivity contribution in [2.45, 2.75) is 18.9 Å². The van der Waals surface area contributed by atoms with Crippen LogP contribution in [0.2, 0.25) is 0 Å². The second-order valence-corrected chi connectivity index (χ2v) is 5.81. The van der Waals surface area contributed by atoms with Crippen molar-refractivity contribution in [2.75, 3.05) is 5.32 Å². The molecule has 3 rings (SSSR count). The Morgan fingerprint density at radius 2 is 1.48 bits per heavy atom. The maximum Gasteiger partial charge on any atom is 0.205 e. The first kappa shape index (κ1) is 13.8. The van der Waals surface area contributed by atoms with E-state index >= 15 is 0 Å². The molecule has 0 aliphatic heterocycles. The molecule has 1 heterocycles. The van der Waals surface area contributed by atoms with Gasteiger partial charge in [0.1, 0.15) is 5.51 Å². The first-order valence-corrected chi connectivity index (χ1v) is 7.85. The zero-order chi connectivity index (χ0) is 14.5. The van der Waals surface area contributed by atoms with Crippen molar-refractivity contribution in [3.63, 3.8) is 0 Å². The number of nitrogens with zero attached hydrogens (tertiary/aromatic N) is 2. The molecule has 0 spiro atoms. The maximum atomic E-state index is 4.08. The molecule has 21 heavy (non-hydrogen) atoms. The van der Waals surface area contributed by atoms with Gasteiger partial charge in [0.25, 0.3) is 0 Å². The summed E-state index contributed by atoms with van der Waals surface area (Å²) < 4.78 is 0. The summed E-state index contributed by atoms with van der Waals surface area (Å²) in [6.07, 6.45) is 0. The minimum Gasteiger partial charge on any atom is -0.357 e. The van der Waals surface area contributed by atoms with Crippen LogP contribution in [0.4, 0.5) is 5.13 Å². The van der Waals surface area contributed by atoms with Crippen LogP contribution in [0.1, 0.15) is 24.0 Å². The Balaban J connectivity index is 1.92. The molecule has 106 valence electrons. The normalized spacial score (nSPS) is 12.3. The highest BCUT2D eigenvalue weighted by Gasteiger charge is 2.21. The van der Waals surface area contributed by atoms with Gasteiger partial charge in [-0.3, -0.25) is 0 Å². The molecular weight excluding hydrogens is 278 g/mol. The van der Waals surface area contributed by atoms with E-state index in [0.29, 0.717) is 0 Å². The van der Waals surface area contributed by atoms with Crippen LogP contribution < -0.4 is 5.32 Å². The van der Waals surface area contributed by atoms with Gasteiger partial charge in [0.2, 0.25) is 5.13 Å². The van der Waals surface area contributed by atoms with Crippen molar-refractivity contribution in [1.82, 2.24) is 10.2 Å². The summed E-state index contributed by atoms with van der Waals surface area (Å²) in [5, 5.41) is 12.3. The molecule has 1 N–H and O–H groups in total. The summed E-state index contributed by atoms with van der Waals surface area (Å²) >= 11 is 1.53. The third-order valence-electron chi connectivity index (χ3n) is 3.53. The lowest BCUT2D eigenvalue weighted by atomic mass is 9.86. The molecule has 0 aliphatic rings. The van der Waals surface area contributed by atoms with E-state index in [4.69, 9.17) is 0 Å². The van der Waals surface area contributed by atoms with Gasteiger partial charge in [0.05, 0.1) is 0 Å². The van der Waals surface area contributed by atoms with Gasteiger partial charge in [-0.05, 0) is 18.1 Å². The highest BCUT2D eigenvalue weighted by molar-refractivity contribution is 7.13. The lowest BCUT2D eigenvalue weighted by Crippen LogP contribution is -2.25. The minimum atomic E-state index is 0.225. The SMILES string of the molecule is CC(Nc1nncs1)C(c1ccccc1)c1ccccc1. The van der Waals surface area contributed by atoms with E-state index in [9.17, 15) is 0 Å². The summed E-state index contributed by atoms with van der Waals surface area (Å²) in [6, 6.07) is 21.4. The number of anilines is 1. The fourth-order valence-electron chi connectivity index (χ4n) is 2.60. The number of hydrogen-bond acceptors (Lipinski definition) is 4. The first-order valence-electron chi connectivity index (χ1n) is 6.97. The van der Waals surface area contributed by atoms with Gasteiger partial charge < -0.3 is 5.32 Å². The Kier molecular flexibility index (Phi) is 4.26. The lowest BCUT2D eigenvalue weighted by Gasteiger charge is -2.25. The lowest BCUT2D eigenvalue weighted by molar-refractivity contribution is 0.683. The molecular formula is C17H17N3S. The van der Waals surface area contributed by atoms with Crippen molar-refractivity contribution in [3.8, 4) is 0 Å². The standard InChI is InChI=1S/C17H17N3S/c1-13(19-17-20-18-12-21-17)16(14-8-4-2-5-9-14)15-10-6-3-7-11-15/h2-13,16H,1H3,(H,19,20). The predicted octanol–water partition coefficient (Wildman–Crippen LogP) is 4.17. The molecule has 0 saturated carbocycles. The molecule has 0 radical (unpaired) electrons. The fourth-order valence-corrected chi connectivity index (χ4v) is 3.15. The Hall–Kier alpha value is -2.20. The van der Waals surface area contributed by atoms with Crippen LogP contribution in [0, 0.1) is 0 Å². The van der Waals surface area contributed by atoms with Crippen LogP contribution in [0.5, 0.6) is 0 Å². The molecule has 1 unspecified atom stereocenters. The van der Waals surface area contributed by atoms with Crippen LogP contribution >= 0.6 is 11.3 Å². The minimum absolute atomic E-state index is 0.225. The van der Waals surface area contributed by atoms with Gasteiger partial charge in [0.15, 0.2) is 0 Å². The van der Waals surface area contributed by atoms with Gasteiger partial charge >= 0.3 is 0 Å². The molecule has 3 nitrogen and oxygen atoms in total. The second-order valence-electron chi connectivity index (χ2n) is 4.98. The third-order valence-corrected chi connectivity index (χ3v) is 4.15. The maximum absolute atomic E-state index is 4.08. The second kappa shape index (κ2) is 6.50. The molecule has 0 aliphatic carbocycles. The van der Waals surface area contributed by atoms with E-state index in [1.165, 1.54) is 22.5 Å². The highest BCUT2D eigenvalue weighted by Crippen LogP contribution is 2.29. The van der Waals surface area contributed by atoms with E-state index < -0.39 is 0 Å². The first-order chi connectivity index (χ1) is 10.3. The van der Waals surface area contributed by atoms with E-state index in [-0.39, 0.29) is 12.0 Å². The number of aromatic nitrogens is 2. The van der Waals surface area contributed by atoms with Gasteiger partial charge in [-0.1, -0.05) is 72.0 Å². The summed E-state index contributed by atoms with van der Waals surface area (Å²) in [5.41, 5.74) is 4.34. The Bertz CT molecular complexity index is 614. The van der Waals surface area contributed by atoms with Crippen LogP contribution in [-0.4, -0.2) is 16.2 Å². The van der Waals surface area contributed by atoms with Crippen molar-refractivity contribution in [2.24, 2.45) is 0 Å². The zero-order valence-corrected chi connectivity index (χ0v) is 12.6. The Morgan fingerprint density at radius 1 is 0.905 bits per heavy atom. The molecule has 0 saturated heterocycles. The van der Waals surface area contributed by atoms with Gasteiger partial charge in [-0.15, -0.1) is 10.2 Å². The average molecular weight is 295 g/mol. The van der Waals surface area contributed by atoms with E-state index in [1.807, 2.05) is 12.1 Å². The van der Waals surface area contributed by atoms with E-state index in [2.05, 4.69) is 71.0 Å². The molecule has 1 aromatic heterocycles. The molecule has 2 aromatic carbocycles. The summed E-state index contributed by atoms with van der Waals surface area (Å²) in [6.45, 7) is 2.19. The van der Waals surface area contributed by atoms with Crippen molar-refractivity contribution in [3.05, 3.63) is 77.3 Å². The molecule has 0 amide bonds. The topological polar surface area (TPSA) is 37.8 Å². The summed E-state index contributed by atoms with van der Waals surface area (Å²) in [7, 11) is 0. The molecule has 0 bridgehead atoms. The summed E-state index contributed by atoms with van der Waals surface area (Å²) in [4.78, 5) is 0. The third kappa shape index (κ3) is 3.28. The number of hydrogen-bond donors (Lipinski definition) is 1. The number of benzene rings is 2. The monoisotopic (exact) mass is 295 g/mol. The Morgan fingerprint density at radius 3 is 1.95 bits per heavy atom. The smallest absolute Gasteiger partial charge is 0.205 e.